The highest BCUT2D eigenvalue weighted by Crippen LogP contribution is 2.11. The molecule has 0 radical (unpaired) electrons. The van der Waals surface area contributed by atoms with Gasteiger partial charge in [-0.05, 0) is 20.3 Å². The van der Waals surface area contributed by atoms with Crippen molar-refractivity contribution in [1.29, 1.82) is 0 Å². The maximum atomic E-state index is 11.7. The number of urea groups is 1. The minimum absolute atomic E-state index is 0.204. The fourth-order valence-electron chi connectivity index (χ4n) is 1.56. The van der Waals surface area contributed by atoms with Gasteiger partial charge in [-0.3, -0.25) is 4.79 Å². The van der Waals surface area contributed by atoms with E-state index in [2.05, 4.69) is 15.6 Å². The van der Waals surface area contributed by atoms with Crippen LogP contribution in [0.5, 0.6) is 0 Å². The fourth-order valence-corrected chi connectivity index (χ4v) is 1.56. The van der Waals surface area contributed by atoms with Crippen molar-refractivity contribution in [2.45, 2.75) is 38.8 Å². The lowest BCUT2D eigenvalue weighted by atomic mass is 10.1. The predicted octanol–water partition coefficient (Wildman–Crippen LogP) is 0.661. The molecule has 2 atom stereocenters. The molecule has 9 heteroatoms. The number of hydrogen-bond donors (Lipinski definition) is 4. The van der Waals surface area contributed by atoms with Crippen LogP contribution < -0.4 is 10.6 Å². The van der Waals surface area contributed by atoms with E-state index < -0.39 is 30.1 Å². The molecule has 1 unspecified atom stereocenters. The molecule has 0 saturated carbocycles. The summed E-state index contributed by atoms with van der Waals surface area (Å²) < 4.78 is 5.23. The largest absolute Gasteiger partial charge is 0.481 e. The average molecular weight is 299 g/mol. The molecule has 0 bridgehead atoms. The summed E-state index contributed by atoms with van der Waals surface area (Å²) in [6.45, 7) is 3.33. The van der Waals surface area contributed by atoms with Gasteiger partial charge < -0.3 is 25.3 Å². The van der Waals surface area contributed by atoms with Gasteiger partial charge in [-0.25, -0.2) is 14.6 Å². The number of aryl methyl sites for hydroxylation is 1. The first-order valence-electron chi connectivity index (χ1n) is 6.23. The molecule has 0 saturated heterocycles. The van der Waals surface area contributed by atoms with Crippen molar-refractivity contribution in [2.24, 2.45) is 0 Å². The van der Waals surface area contributed by atoms with Gasteiger partial charge in [0.15, 0.2) is 0 Å². The molecular weight excluding hydrogens is 282 g/mol. The molecular formula is C12H17N3O6. The van der Waals surface area contributed by atoms with E-state index in [-0.39, 0.29) is 12.8 Å². The average Bonchev–Trinajstić information content (AvgIpc) is 2.80. The van der Waals surface area contributed by atoms with Crippen LogP contribution in [-0.4, -0.2) is 39.2 Å². The Bertz CT molecular complexity index is 527. The van der Waals surface area contributed by atoms with Gasteiger partial charge >= 0.3 is 18.0 Å². The summed E-state index contributed by atoms with van der Waals surface area (Å²) in [5, 5.41) is 22.1. The maximum absolute atomic E-state index is 11.7. The normalized spacial score (nSPS) is 13.2. The predicted molar refractivity (Wildman–Crippen MR) is 69.6 cm³/mol. The Balaban J connectivity index is 2.53. The molecule has 1 heterocycles. The highest BCUT2D eigenvalue weighted by molar-refractivity contribution is 5.83. The number of nitrogens with zero attached hydrogens (tertiary/aromatic N) is 1. The number of rotatable bonds is 7. The molecule has 0 aliphatic rings. The van der Waals surface area contributed by atoms with Crippen LogP contribution in [0.1, 0.15) is 37.5 Å². The van der Waals surface area contributed by atoms with E-state index in [1.54, 1.807) is 13.8 Å². The lowest BCUT2D eigenvalue weighted by Crippen LogP contribution is -2.46. The molecule has 9 nitrogen and oxygen atoms in total. The van der Waals surface area contributed by atoms with Gasteiger partial charge in [-0.1, -0.05) is 0 Å². The quantitative estimate of drug-likeness (QED) is 0.579. The third kappa shape index (κ3) is 5.51. The van der Waals surface area contributed by atoms with Crippen molar-refractivity contribution in [1.82, 2.24) is 15.6 Å². The van der Waals surface area contributed by atoms with Crippen molar-refractivity contribution in [3.8, 4) is 0 Å². The Labute approximate surface area is 120 Å². The zero-order valence-corrected chi connectivity index (χ0v) is 11.6. The van der Waals surface area contributed by atoms with Gasteiger partial charge in [-0.2, -0.15) is 0 Å². The van der Waals surface area contributed by atoms with E-state index >= 15 is 0 Å². The summed E-state index contributed by atoms with van der Waals surface area (Å²) in [6.07, 6.45) is 0.939. The molecule has 21 heavy (non-hydrogen) atoms. The Morgan fingerprint density at radius 1 is 1.33 bits per heavy atom. The summed E-state index contributed by atoms with van der Waals surface area (Å²) in [7, 11) is 0. The van der Waals surface area contributed by atoms with E-state index in [1.807, 2.05) is 0 Å². The van der Waals surface area contributed by atoms with Crippen LogP contribution in [-0.2, 0) is 9.59 Å². The highest BCUT2D eigenvalue weighted by atomic mass is 16.4. The lowest BCUT2D eigenvalue weighted by molar-refractivity contribution is -0.140. The summed E-state index contributed by atoms with van der Waals surface area (Å²) in [6, 6.07) is -2.57. The van der Waals surface area contributed by atoms with E-state index in [9.17, 15) is 14.4 Å². The highest BCUT2D eigenvalue weighted by Gasteiger charge is 2.22. The summed E-state index contributed by atoms with van der Waals surface area (Å²) in [5.74, 6) is -1.55. The SMILES string of the molecule is Cc1cnc(C(C)NC(=O)N[C@@H](CCC(=O)O)C(=O)O)o1. The number of oxazole rings is 1. The molecule has 0 aliphatic carbocycles. The topological polar surface area (TPSA) is 142 Å². The van der Waals surface area contributed by atoms with Gasteiger partial charge in [0.2, 0.25) is 5.89 Å². The molecule has 1 aromatic rings. The number of aliphatic carboxylic acids is 2. The third-order valence-corrected chi connectivity index (χ3v) is 2.61. The van der Waals surface area contributed by atoms with Crippen LogP contribution >= 0.6 is 0 Å². The number of hydrogen-bond acceptors (Lipinski definition) is 5. The van der Waals surface area contributed by atoms with Gasteiger partial charge in [0, 0.05) is 6.42 Å². The van der Waals surface area contributed by atoms with Gasteiger partial charge in [0.05, 0.1) is 6.20 Å². The lowest BCUT2D eigenvalue weighted by Gasteiger charge is -2.16. The van der Waals surface area contributed by atoms with Gasteiger partial charge in [0.1, 0.15) is 17.8 Å². The Morgan fingerprint density at radius 2 is 2.00 bits per heavy atom. The molecule has 2 amide bonds. The first kappa shape index (κ1) is 16.5. The second-order valence-corrected chi connectivity index (χ2v) is 4.47. The standard InChI is InChI=1S/C12H17N3O6/c1-6-5-13-10(21-6)7(2)14-12(20)15-8(11(18)19)3-4-9(16)17/h5,7-8H,3-4H2,1-2H3,(H,16,17)(H,18,19)(H2,14,15,20)/t7?,8-/m0/s1. The summed E-state index contributed by atoms with van der Waals surface area (Å²) in [5.41, 5.74) is 0. The van der Waals surface area contributed by atoms with Crippen molar-refractivity contribution in [3.05, 3.63) is 17.8 Å². The monoisotopic (exact) mass is 299 g/mol. The molecule has 0 fully saturated rings. The Hall–Kier alpha value is -2.58. The first-order valence-corrected chi connectivity index (χ1v) is 6.23. The van der Waals surface area contributed by atoms with Crippen LogP contribution in [0.25, 0.3) is 0 Å². The van der Waals surface area contributed by atoms with Crippen molar-refractivity contribution < 1.29 is 29.0 Å². The van der Waals surface area contributed by atoms with E-state index in [0.29, 0.717) is 11.7 Å². The van der Waals surface area contributed by atoms with E-state index in [1.165, 1.54) is 6.20 Å². The number of carbonyl (C=O) groups is 3. The number of carboxylic acid groups (broad SMARTS) is 2. The zero-order chi connectivity index (χ0) is 16.0. The second kappa shape index (κ2) is 7.27. The Morgan fingerprint density at radius 3 is 2.48 bits per heavy atom. The molecule has 0 aromatic carbocycles. The first-order chi connectivity index (χ1) is 9.79. The van der Waals surface area contributed by atoms with E-state index in [4.69, 9.17) is 14.6 Å². The zero-order valence-electron chi connectivity index (χ0n) is 11.6. The molecule has 0 spiro atoms. The smallest absolute Gasteiger partial charge is 0.326 e. The number of amides is 2. The van der Waals surface area contributed by atoms with E-state index in [0.717, 1.165) is 0 Å². The van der Waals surface area contributed by atoms with Crippen molar-refractivity contribution >= 4 is 18.0 Å². The Kier molecular flexibility index (Phi) is 5.70. The van der Waals surface area contributed by atoms with Crippen LogP contribution in [0.15, 0.2) is 10.6 Å². The number of carboxylic acids is 2. The third-order valence-electron chi connectivity index (χ3n) is 2.61. The van der Waals surface area contributed by atoms with Crippen molar-refractivity contribution in [2.75, 3.05) is 0 Å². The number of aromatic nitrogens is 1. The number of nitrogens with one attached hydrogen (secondary N) is 2. The molecule has 0 aliphatic heterocycles. The van der Waals surface area contributed by atoms with Gasteiger partial charge in [-0.15, -0.1) is 0 Å². The summed E-state index contributed by atoms with van der Waals surface area (Å²) in [4.78, 5) is 37.0. The van der Waals surface area contributed by atoms with Crippen LogP contribution in [0.2, 0.25) is 0 Å². The fraction of sp³-hybridized carbons (Fsp3) is 0.500. The van der Waals surface area contributed by atoms with Crippen LogP contribution in [0.4, 0.5) is 4.79 Å². The molecule has 116 valence electrons. The molecule has 4 N–H and O–H groups in total. The van der Waals surface area contributed by atoms with Gasteiger partial charge in [0.25, 0.3) is 0 Å². The molecule has 1 aromatic heterocycles. The van der Waals surface area contributed by atoms with Crippen LogP contribution in [0.3, 0.4) is 0 Å². The second-order valence-electron chi connectivity index (χ2n) is 4.47. The minimum atomic E-state index is -1.30. The van der Waals surface area contributed by atoms with Crippen molar-refractivity contribution in [3.63, 3.8) is 0 Å². The minimum Gasteiger partial charge on any atom is -0.481 e. The number of carbonyl (C=O) groups excluding carboxylic acids is 1. The molecule has 1 rings (SSSR count). The summed E-state index contributed by atoms with van der Waals surface area (Å²) >= 11 is 0. The van der Waals surface area contributed by atoms with Crippen LogP contribution in [0, 0.1) is 6.92 Å². The maximum Gasteiger partial charge on any atom is 0.326 e.